The second kappa shape index (κ2) is 10.9. The van der Waals surface area contributed by atoms with Crippen LogP contribution < -0.4 is 10.6 Å². The zero-order valence-corrected chi connectivity index (χ0v) is 17.1. The third-order valence-corrected chi connectivity index (χ3v) is 5.22. The number of nitrogens with zero attached hydrogens (tertiary/aromatic N) is 2. The van der Waals surface area contributed by atoms with E-state index in [1.165, 1.54) is 17.3 Å². The summed E-state index contributed by atoms with van der Waals surface area (Å²) in [7, 11) is 0. The van der Waals surface area contributed by atoms with Gasteiger partial charge in [0, 0.05) is 17.8 Å². The molecule has 7 heteroatoms. The highest BCUT2D eigenvalue weighted by Gasteiger charge is 2.32. The van der Waals surface area contributed by atoms with Crippen LogP contribution in [0.2, 0.25) is 0 Å². The Bertz CT molecular complexity index is 705. The number of anilines is 1. The van der Waals surface area contributed by atoms with E-state index in [1.807, 2.05) is 24.3 Å². The fourth-order valence-electron chi connectivity index (χ4n) is 2.71. The molecule has 0 saturated carbocycles. The van der Waals surface area contributed by atoms with Crippen molar-refractivity contribution in [2.75, 3.05) is 5.32 Å². The van der Waals surface area contributed by atoms with Crippen LogP contribution in [0.4, 0.5) is 5.69 Å². The third-order valence-electron chi connectivity index (χ3n) is 4.15. The van der Waals surface area contributed by atoms with Crippen LogP contribution in [0.5, 0.6) is 0 Å². The van der Waals surface area contributed by atoms with E-state index in [9.17, 15) is 9.59 Å². The van der Waals surface area contributed by atoms with Crippen LogP contribution in [0.1, 0.15) is 58.4 Å². The average Bonchev–Trinajstić information content (AvgIpc) is 3.00. The molecule has 0 bridgehead atoms. The van der Waals surface area contributed by atoms with Crippen molar-refractivity contribution in [3.8, 4) is 0 Å². The number of amides is 2. The van der Waals surface area contributed by atoms with E-state index in [0.717, 1.165) is 43.5 Å². The van der Waals surface area contributed by atoms with Crippen LogP contribution in [0.15, 0.2) is 34.5 Å². The summed E-state index contributed by atoms with van der Waals surface area (Å²) < 4.78 is 0. The molecular formula is C20H28N4O2S. The third kappa shape index (κ3) is 6.82. The molecule has 1 atom stereocenters. The van der Waals surface area contributed by atoms with Gasteiger partial charge in [-0.3, -0.25) is 9.59 Å². The van der Waals surface area contributed by atoms with Crippen LogP contribution >= 0.6 is 11.8 Å². The Labute approximate surface area is 165 Å². The van der Waals surface area contributed by atoms with E-state index in [-0.39, 0.29) is 18.2 Å². The molecule has 1 aliphatic heterocycles. The number of nitrogens with one attached hydrogen (secondary N) is 2. The van der Waals surface area contributed by atoms with Gasteiger partial charge in [0.2, 0.25) is 11.8 Å². The monoisotopic (exact) mass is 388 g/mol. The second-order valence-electron chi connectivity index (χ2n) is 6.47. The van der Waals surface area contributed by atoms with Crippen molar-refractivity contribution in [1.82, 2.24) is 5.32 Å². The smallest absolute Gasteiger partial charge is 0.240 e. The summed E-state index contributed by atoms with van der Waals surface area (Å²) in [5.41, 5.74) is 2.99. The standard InChI is InChI=1S/C20H28N4O2S/c1-4-7-16(8-5-2)23-24-20-22-19(26)17(27-20)13-18(25)21-15-11-9-14(6-3)10-12-15/h9-12,17H,4-8,13H2,1-3H3,(H,21,25)(H,22,24,26). The van der Waals surface area contributed by atoms with Crippen LogP contribution in [0, 0.1) is 0 Å². The van der Waals surface area contributed by atoms with Gasteiger partial charge in [-0.05, 0) is 37.0 Å². The summed E-state index contributed by atoms with van der Waals surface area (Å²) in [6.07, 6.45) is 4.91. The lowest BCUT2D eigenvalue weighted by Crippen LogP contribution is -2.28. The molecule has 27 heavy (non-hydrogen) atoms. The van der Waals surface area contributed by atoms with Gasteiger partial charge in [-0.1, -0.05) is 57.5 Å². The molecule has 1 fully saturated rings. The van der Waals surface area contributed by atoms with Crippen molar-refractivity contribution in [3.63, 3.8) is 0 Å². The summed E-state index contributed by atoms with van der Waals surface area (Å²) in [6.45, 7) is 6.30. The van der Waals surface area contributed by atoms with E-state index < -0.39 is 5.25 Å². The van der Waals surface area contributed by atoms with Crippen molar-refractivity contribution in [3.05, 3.63) is 29.8 Å². The molecule has 2 amide bonds. The highest BCUT2D eigenvalue weighted by Crippen LogP contribution is 2.23. The van der Waals surface area contributed by atoms with Crippen molar-refractivity contribution in [1.29, 1.82) is 0 Å². The first kappa shape index (κ1) is 21.2. The summed E-state index contributed by atoms with van der Waals surface area (Å²) in [4.78, 5) is 24.4. The number of thioether (sulfide) groups is 1. The zero-order chi connectivity index (χ0) is 19.6. The van der Waals surface area contributed by atoms with Crippen molar-refractivity contribution >= 4 is 40.1 Å². The number of hydrogen-bond acceptors (Lipinski definition) is 5. The second-order valence-corrected chi connectivity index (χ2v) is 7.66. The molecule has 1 aromatic carbocycles. The molecular weight excluding hydrogens is 360 g/mol. The van der Waals surface area contributed by atoms with Gasteiger partial charge in [0.1, 0.15) is 5.25 Å². The zero-order valence-electron chi connectivity index (χ0n) is 16.2. The quantitative estimate of drug-likeness (QED) is 0.493. The normalized spacial score (nSPS) is 17.7. The van der Waals surface area contributed by atoms with Crippen LogP contribution in [0.25, 0.3) is 0 Å². The molecule has 0 radical (unpaired) electrons. The fraction of sp³-hybridized carbons (Fsp3) is 0.500. The first-order valence-electron chi connectivity index (χ1n) is 9.55. The van der Waals surface area contributed by atoms with E-state index in [4.69, 9.17) is 0 Å². The van der Waals surface area contributed by atoms with Gasteiger partial charge in [-0.25, -0.2) is 0 Å². The first-order valence-corrected chi connectivity index (χ1v) is 10.4. The molecule has 1 saturated heterocycles. The Hall–Kier alpha value is -2.15. The summed E-state index contributed by atoms with van der Waals surface area (Å²) in [5.74, 6) is -0.382. The summed E-state index contributed by atoms with van der Waals surface area (Å²) in [5, 5.41) is 14.0. The summed E-state index contributed by atoms with van der Waals surface area (Å²) in [6, 6.07) is 7.73. The van der Waals surface area contributed by atoms with Crippen molar-refractivity contribution in [2.45, 2.75) is 64.5 Å². The number of amidine groups is 1. The average molecular weight is 389 g/mol. The largest absolute Gasteiger partial charge is 0.326 e. The minimum Gasteiger partial charge on any atom is -0.326 e. The fourth-order valence-corrected chi connectivity index (χ4v) is 3.63. The maximum Gasteiger partial charge on any atom is 0.240 e. The van der Waals surface area contributed by atoms with Crippen LogP contribution in [-0.2, 0) is 16.0 Å². The van der Waals surface area contributed by atoms with E-state index in [2.05, 4.69) is 41.6 Å². The lowest BCUT2D eigenvalue weighted by molar-refractivity contribution is -0.122. The molecule has 2 N–H and O–H groups in total. The van der Waals surface area contributed by atoms with Gasteiger partial charge >= 0.3 is 0 Å². The molecule has 1 heterocycles. The molecule has 0 aromatic heterocycles. The highest BCUT2D eigenvalue weighted by molar-refractivity contribution is 8.15. The Kier molecular flexibility index (Phi) is 8.51. The van der Waals surface area contributed by atoms with Crippen molar-refractivity contribution in [2.24, 2.45) is 10.2 Å². The Balaban J connectivity index is 1.91. The maximum atomic E-state index is 12.2. The molecule has 1 aliphatic rings. The molecule has 1 aromatic rings. The Morgan fingerprint density at radius 1 is 1.15 bits per heavy atom. The molecule has 1 unspecified atom stereocenters. The minimum atomic E-state index is -0.477. The Morgan fingerprint density at radius 3 is 2.41 bits per heavy atom. The van der Waals surface area contributed by atoms with Gasteiger partial charge in [0.15, 0.2) is 5.17 Å². The SMILES string of the molecule is CCCC(CCC)=NN=C1NC(=O)C(CC(=O)Nc2ccc(CC)cc2)S1. The van der Waals surface area contributed by atoms with Gasteiger partial charge in [0.25, 0.3) is 0 Å². The number of hydrogen-bond donors (Lipinski definition) is 2. The summed E-state index contributed by atoms with van der Waals surface area (Å²) >= 11 is 1.26. The van der Waals surface area contributed by atoms with Gasteiger partial charge in [-0.2, -0.15) is 5.10 Å². The van der Waals surface area contributed by atoms with Gasteiger partial charge in [0.05, 0.1) is 0 Å². The van der Waals surface area contributed by atoms with Crippen LogP contribution in [-0.4, -0.2) is 27.9 Å². The number of carbonyl (C=O) groups is 2. The van der Waals surface area contributed by atoms with E-state index >= 15 is 0 Å². The molecule has 6 nitrogen and oxygen atoms in total. The topological polar surface area (TPSA) is 82.9 Å². The Morgan fingerprint density at radius 2 is 1.81 bits per heavy atom. The number of benzene rings is 1. The van der Waals surface area contributed by atoms with Gasteiger partial charge in [-0.15, -0.1) is 5.10 Å². The molecule has 146 valence electrons. The van der Waals surface area contributed by atoms with E-state index in [0.29, 0.717) is 5.17 Å². The number of rotatable bonds is 9. The first-order chi connectivity index (χ1) is 13.0. The lowest BCUT2D eigenvalue weighted by atomic mass is 10.1. The van der Waals surface area contributed by atoms with E-state index in [1.54, 1.807) is 0 Å². The lowest BCUT2D eigenvalue weighted by Gasteiger charge is -2.08. The number of carbonyl (C=O) groups excluding carboxylic acids is 2. The highest BCUT2D eigenvalue weighted by atomic mass is 32.2. The van der Waals surface area contributed by atoms with Crippen molar-refractivity contribution < 1.29 is 9.59 Å². The predicted octanol–water partition coefficient (Wildman–Crippen LogP) is 4.12. The van der Waals surface area contributed by atoms with Crippen LogP contribution in [0.3, 0.4) is 0 Å². The number of aryl methyl sites for hydroxylation is 1. The van der Waals surface area contributed by atoms with Gasteiger partial charge < -0.3 is 10.6 Å². The molecule has 0 aliphatic carbocycles. The predicted molar refractivity (Wildman–Crippen MR) is 113 cm³/mol. The molecule has 2 rings (SSSR count). The minimum absolute atomic E-state index is 0.103. The molecule has 0 spiro atoms. The maximum absolute atomic E-state index is 12.2.